The summed E-state index contributed by atoms with van der Waals surface area (Å²) in [4.78, 5) is 27.8. The number of benzene rings is 2. The first-order chi connectivity index (χ1) is 12.4. The summed E-state index contributed by atoms with van der Waals surface area (Å²) in [5.74, 6) is 0.0599. The topological polar surface area (TPSA) is 52.7 Å². The molecule has 26 heavy (non-hydrogen) atoms. The van der Waals surface area contributed by atoms with Crippen LogP contribution in [0.5, 0.6) is 0 Å². The van der Waals surface area contributed by atoms with Gasteiger partial charge < -0.3 is 15.1 Å². The molecule has 0 radical (unpaired) electrons. The molecule has 2 aromatic rings. The Hall–Kier alpha value is -2.05. The van der Waals surface area contributed by atoms with E-state index >= 15 is 0 Å². The van der Waals surface area contributed by atoms with Crippen molar-refractivity contribution >= 4 is 50.7 Å². The molecule has 2 amide bonds. The lowest BCUT2D eigenvalue weighted by Crippen LogP contribution is -2.50. The smallest absolute Gasteiger partial charge is 0.322 e. The first-order valence-electron chi connectivity index (χ1n) is 8.31. The van der Waals surface area contributed by atoms with Crippen LogP contribution in [0.3, 0.4) is 0 Å². The molecule has 1 fully saturated rings. The molecule has 0 spiro atoms. The Bertz CT molecular complexity index is 818. The average Bonchev–Trinajstić information content (AvgIpc) is 2.64. The molecule has 0 aliphatic carbocycles. The summed E-state index contributed by atoms with van der Waals surface area (Å²) in [6.07, 6.45) is 0. The fraction of sp³-hybridized carbons (Fsp3) is 0.263. The van der Waals surface area contributed by atoms with Crippen molar-refractivity contribution in [1.82, 2.24) is 4.90 Å². The number of amides is 2. The maximum Gasteiger partial charge on any atom is 0.322 e. The molecule has 1 N–H and O–H groups in total. The highest BCUT2D eigenvalue weighted by molar-refractivity contribution is 9.10. The van der Waals surface area contributed by atoms with Gasteiger partial charge in [0.25, 0.3) is 0 Å². The predicted octanol–water partition coefficient (Wildman–Crippen LogP) is 4.66. The molecule has 0 bridgehead atoms. The highest BCUT2D eigenvalue weighted by atomic mass is 79.9. The Morgan fingerprint density at radius 3 is 2.27 bits per heavy atom. The van der Waals surface area contributed by atoms with Gasteiger partial charge in [-0.1, -0.05) is 27.5 Å². The molecule has 1 saturated heterocycles. The predicted molar refractivity (Wildman–Crippen MR) is 108 cm³/mol. The Kier molecular flexibility index (Phi) is 5.84. The van der Waals surface area contributed by atoms with E-state index < -0.39 is 0 Å². The average molecular weight is 437 g/mol. The van der Waals surface area contributed by atoms with Crippen LogP contribution in [0, 0.1) is 0 Å². The maximum atomic E-state index is 12.5. The Balaban J connectivity index is 1.57. The number of rotatable bonds is 3. The SMILES string of the molecule is CC(=O)c1ccc(N2CCN(C(=O)Nc3ccc(Br)cc3Cl)CC2)cc1. The summed E-state index contributed by atoms with van der Waals surface area (Å²) < 4.78 is 0.866. The van der Waals surface area contributed by atoms with E-state index in [-0.39, 0.29) is 11.8 Å². The van der Waals surface area contributed by atoms with Gasteiger partial charge in [-0.3, -0.25) is 4.79 Å². The first-order valence-corrected chi connectivity index (χ1v) is 9.48. The van der Waals surface area contributed by atoms with Crippen LogP contribution < -0.4 is 10.2 Å². The van der Waals surface area contributed by atoms with Crippen LogP contribution in [0.25, 0.3) is 0 Å². The number of piperazine rings is 1. The van der Waals surface area contributed by atoms with Crippen molar-refractivity contribution in [2.75, 3.05) is 36.4 Å². The van der Waals surface area contributed by atoms with Crippen LogP contribution in [0.1, 0.15) is 17.3 Å². The summed E-state index contributed by atoms with van der Waals surface area (Å²) in [6.45, 7) is 4.27. The molecular weight excluding hydrogens is 418 g/mol. The molecule has 5 nitrogen and oxygen atoms in total. The minimum Gasteiger partial charge on any atom is -0.368 e. The molecule has 136 valence electrons. The normalized spacial score (nSPS) is 14.3. The highest BCUT2D eigenvalue weighted by Crippen LogP contribution is 2.26. The largest absolute Gasteiger partial charge is 0.368 e. The number of nitrogens with zero attached hydrogens (tertiary/aromatic N) is 2. The van der Waals surface area contributed by atoms with Gasteiger partial charge in [0, 0.05) is 41.9 Å². The number of carbonyl (C=O) groups is 2. The minimum absolute atomic E-state index is 0.0599. The Labute approximate surface area is 166 Å². The molecule has 0 unspecified atom stereocenters. The lowest BCUT2D eigenvalue weighted by Gasteiger charge is -2.36. The van der Waals surface area contributed by atoms with Gasteiger partial charge in [-0.2, -0.15) is 0 Å². The van der Waals surface area contributed by atoms with Crippen molar-refractivity contribution in [3.63, 3.8) is 0 Å². The number of hydrogen-bond donors (Lipinski definition) is 1. The van der Waals surface area contributed by atoms with Crippen LogP contribution >= 0.6 is 27.5 Å². The molecule has 0 saturated carbocycles. The van der Waals surface area contributed by atoms with Crippen LogP contribution in [-0.2, 0) is 0 Å². The van der Waals surface area contributed by atoms with Gasteiger partial charge in [0.2, 0.25) is 0 Å². The number of ketones is 1. The highest BCUT2D eigenvalue weighted by Gasteiger charge is 2.22. The van der Waals surface area contributed by atoms with Crippen molar-refractivity contribution in [1.29, 1.82) is 0 Å². The maximum absolute atomic E-state index is 12.5. The van der Waals surface area contributed by atoms with Gasteiger partial charge in [-0.15, -0.1) is 0 Å². The van der Waals surface area contributed by atoms with Gasteiger partial charge in [0.1, 0.15) is 0 Å². The standard InChI is InChI=1S/C19H19BrClN3O2/c1-13(25)14-2-5-16(6-3-14)23-8-10-24(11-9-23)19(26)22-18-7-4-15(20)12-17(18)21/h2-7,12H,8-11H2,1H3,(H,22,26). The summed E-state index contributed by atoms with van der Waals surface area (Å²) in [7, 11) is 0. The van der Waals surface area contributed by atoms with Crippen molar-refractivity contribution in [2.45, 2.75) is 6.92 Å². The van der Waals surface area contributed by atoms with Crippen molar-refractivity contribution in [2.24, 2.45) is 0 Å². The molecule has 1 aliphatic heterocycles. The second-order valence-corrected chi connectivity index (χ2v) is 7.45. The van der Waals surface area contributed by atoms with Gasteiger partial charge in [-0.05, 0) is 49.4 Å². The van der Waals surface area contributed by atoms with Gasteiger partial charge in [0.05, 0.1) is 10.7 Å². The zero-order chi connectivity index (χ0) is 18.7. The van der Waals surface area contributed by atoms with E-state index in [9.17, 15) is 9.59 Å². The van der Waals surface area contributed by atoms with Crippen LogP contribution in [0.2, 0.25) is 5.02 Å². The molecule has 7 heteroatoms. The summed E-state index contributed by atoms with van der Waals surface area (Å²) in [5.41, 5.74) is 2.37. The number of urea groups is 1. The molecule has 0 atom stereocenters. The molecule has 3 rings (SSSR count). The van der Waals surface area contributed by atoms with E-state index in [1.807, 2.05) is 30.3 Å². The number of halogens is 2. The Morgan fingerprint density at radius 2 is 1.69 bits per heavy atom. The zero-order valence-corrected chi connectivity index (χ0v) is 16.7. The first kappa shape index (κ1) is 18.7. The zero-order valence-electron chi connectivity index (χ0n) is 14.3. The van der Waals surface area contributed by atoms with Crippen molar-refractivity contribution in [3.05, 3.63) is 57.5 Å². The van der Waals surface area contributed by atoms with Crippen LogP contribution in [0.4, 0.5) is 16.2 Å². The number of anilines is 2. The van der Waals surface area contributed by atoms with E-state index in [1.165, 1.54) is 0 Å². The second-order valence-electron chi connectivity index (χ2n) is 6.13. The third-order valence-electron chi connectivity index (χ3n) is 4.38. The number of hydrogen-bond acceptors (Lipinski definition) is 3. The molecule has 1 heterocycles. The van der Waals surface area contributed by atoms with Crippen molar-refractivity contribution < 1.29 is 9.59 Å². The second kappa shape index (κ2) is 8.10. The van der Waals surface area contributed by atoms with Crippen LogP contribution in [0.15, 0.2) is 46.9 Å². The van der Waals surface area contributed by atoms with E-state index in [0.717, 1.165) is 23.2 Å². The fourth-order valence-corrected chi connectivity index (χ4v) is 3.58. The monoisotopic (exact) mass is 435 g/mol. The van der Waals surface area contributed by atoms with E-state index in [1.54, 1.807) is 24.0 Å². The number of Topliss-reactive ketones (excluding diaryl/α,β-unsaturated/α-hetero) is 1. The quantitative estimate of drug-likeness (QED) is 0.712. The number of nitrogens with one attached hydrogen (secondary N) is 1. The fourth-order valence-electron chi connectivity index (χ4n) is 2.86. The van der Waals surface area contributed by atoms with Gasteiger partial charge in [-0.25, -0.2) is 4.79 Å². The number of carbonyl (C=O) groups excluding carboxylic acids is 2. The van der Waals surface area contributed by atoms with E-state index in [4.69, 9.17) is 11.6 Å². The van der Waals surface area contributed by atoms with Gasteiger partial charge in [0.15, 0.2) is 5.78 Å². The summed E-state index contributed by atoms with van der Waals surface area (Å²) >= 11 is 9.50. The molecule has 2 aromatic carbocycles. The molecular formula is C19H19BrClN3O2. The lowest BCUT2D eigenvalue weighted by atomic mass is 10.1. The minimum atomic E-state index is -0.152. The van der Waals surface area contributed by atoms with E-state index in [2.05, 4.69) is 26.1 Å². The van der Waals surface area contributed by atoms with Crippen molar-refractivity contribution in [3.8, 4) is 0 Å². The Morgan fingerprint density at radius 1 is 1.04 bits per heavy atom. The van der Waals surface area contributed by atoms with Gasteiger partial charge >= 0.3 is 6.03 Å². The molecule has 0 aromatic heterocycles. The van der Waals surface area contributed by atoms with E-state index in [0.29, 0.717) is 29.4 Å². The van der Waals surface area contributed by atoms with Crippen LogP contribution in [-0.4, -0.2) is 42.9 Å². The third-order valence-corrected chi connectivity index (χ3v) is 5.18. The summed E-state index contributed by atoms with van der Waals surface area (Å²) in [6, 6.07) is 12.8. The summed E-state index contributed by atoms with van der Waals surface area (Å²) in [5, 5.41) is 3.36. The third kappa shape index (κ3) is 4.37. The lowest BCUT2D eigenvalue weighted by molar-refractivity contribution is 0.101. The molecule has 1 aliphatic rings.